The predicted molar refractivity (Wildman–Crippen MR) is 69.9 cm³/mol. The average Bonchev–Trinajstić information content (AvgIpc) is 2.38. The average molecular weight is 227 g/mol. The van der Waals surface area contributed by atoms with Crippen molar-refractivity contribution in [3.63, 3.8) is 0 Å². The molecule has 0 fully saturated rings. The molecule has 2 aromatic rings. The first kappa shape index (κ1) is 11.6. The number of benzene rings is 1. The van der Waals surface area contributed by atoms with Gasteiger partial charge in [0.1, 0.15) is 5.82 Å². The van der Waals surface area contributed by atoms with E-state index in [1.165, 1.54) is 11.1 Å². The van der Waals surface area contributed by atoms with Crippen LogP contribution in [0, 0.1) is 6.92 Å². The third-order valence-electron chi connectivity index (χ3n) is 2.77. The summed E-state index contributed by atoms with van der Waals surface area (Å²) >= 11 is 0. The zero-order valence-electron chi connectivity index (χ0n) is 10.3. The van der Waals surface area contributed by atoms with Gasteiger partial charge in [-0.1, -0.05) is 31.2 Å². The monoisotopic (exact) mass is 227 g/mol. The van der Waals surface area contributed by atoms with Crippen LogP contribution in [0.2, 0.25) is 0 Å². The van der Waals surface area contributed by atoms with E-state index in [9.17, 15) is 0 Å². The predicted octanol–water partition coefficient (Wildman–Crippen LogP) is 2.96. The lowest BCUT2D eigenvalue weighted by Crippen LogP contribution is -2.03. The Bertz CT molecular complexity index is 477. The van der Waals surface area contributed by atoms with Gasteiger partial charge in [-0.3, -0.25) is 4.98 Å². The van der Waals surface area contributed by atoms with Gasteiger partial charge in [0.2, 0.25) is 0 Å². The van der Waals surface area contributed by atoms with Crippen LogP contribution in [0.1, 0.15) is 23.7 Å². The van der Waals surface area contributed by atoms with Crippen molar-refractivity contribution in [2.75, 3.05) is 5.32 Å². The maximum atomic E-state index is 4.25. The fourth-order valence-corrected chi connectivity index (χ4v) is 1.66. The molecule has 3 nitrogen and oxygen atoms in total. The van der Waals surface area contributed by atoms with Crippen molar-refractivity contribution >= 4 is 5.82 Å². The molecule has 0 bridgehead atoms. The fraction of sp³-hybridized carbons (Fsp3) is 0.286. The number of hydrogen-bond acceptors (Lipinski definition) is 3. The first-order valence-electron chi connectivity index (χ1n) is 5.89. The Kier molecular flexibility index (Phi) is 3.70. The molecule has 0 atom stereocenters. The quantitative estimate of drug-likeness (QED) is 0.872. The lowest BCUT2D eigenvalue weighted by molar-refractivity contribution is 1.04. The molecule has 0 saturated heterocycles. The SMILES string of the molecule is CCc1ccc(CNc2nccnc2C)cc1. The van der Waals surface area contributed by atoms with E-state index in [0.717, 1.165) is 24.5 Å². The van der Waals surface area contributed by atoms with Gasteiger partial charge in [-0.25, -0.2) is 4.98 Å². The summed E-state index contributed by atoms with van der Waals surface area (Å²) in [4.78, 5) is 8.45. The first-order valence-corrected chi connectivity index (χ1v) is 5.89. The van der Waals surface area contributed by atoms with E-state index in [1.54, 1.807) is 12.4 Å². The Balaban J connectivity index is 2.00. The number of hydrogen-bond donors (Lipinski definition) is 1. The number of aryl methyl sites for hydroxylation is 2. The molecule has 0 aliphatic carbocycles. The van der Waals surface area contributed by atoms with Crippen LogP contribution in [-0.2, 0) is 13.0 Å². The Morgan fingerprint density at radius 2 is 1.65 bits per heavy atom. The molecule has 88 valence electrons. The maximum absolute atomic E-state index is 4.25. The van der Waals surface area contributed by atoms with Crippen molar-refractivity contribution in [3.05, 3.63) is 53.5 Å². The van der Waals surface area contributed by atoms with Crippen LogP contribution in [0.25, 0.3) is 0 Å². The van der Waals surface area contributed by atoms with Crippen LogP contribution >= 0.6 is 0 Å². The minimum absolute atomic E-state index is 0.781. The van der Waals surface area contributed by atoms with Gasteiger partial charge >= 0.3 is 0 Å². The van der Waals surface area contributed by atoms with Crippen LogP contribution < -0.4 is 5.32 Å². The van der Waals surface area contributed by atoms with Crippen LogP contribution in [0.4, 0.5) is 5.82 Å². The summed E-state index contributed by atoms with van der Waals surface area (Å²) in [5, 5.41) is 3.29. The van der Waals surface area contributed by atoms with Gasteiger partial charge in [0.25, 0.3) is 0 Å². The van der Waals surface area contributed by atoms with E-state index < -0.39 is 0 Å². The van der Waals surface area contributed by atoms with Gasteiger partial charge in [-0.2, -0.15) is 0 Å². The van der Waals surface area contributed by atoms with Crippen LogP contribution in [0.3, 0.4) is 0 Å². The number of aromatic nitrogens is 2. The summed E-state index contributed by atoms with van der Waals surface area (Å²) in [6.45, 7) is 4.90. The largest absolute Gasteiger partial charge is 0.364 e. The molecule has 0 amide bonds. The smallest absolute Gasteiger partial charge is 0.147 e. The molecule has 1 aromatic carbocycles. The highest BCUT2D eigenvalue weighted by molar-refractivity contribution is 5.39. The summed E-state index contributed by atoms with van der Waals surface area (Å²) in [7, 11) is 0. The highest BCUT2D eigenvalue weighted by Gasteiger charge is 1.99. The summed E-state index contributed by atoms with van der Waals surface area (Å²) in [6, 6.07) is 8.64. The van der Waals surface area contributed by atoms with E-state index >= 15 is 0 Å². The standard InChI is InChI=1S/C14H17N3/c1-3-12-4-6-13(7-5-12)10-17-14-11(2)15-8-9-16-14/h4-9H,3,10H2,1-2H3,(H,16,17). The molecular formula is C14H17N3. The van der Waals surface area contributed by atoms with Gasteiger partial charge in [-0.15, -0.1) is 0 Å². The van der Waals surface area contributed by atoms with Gasteiger partial charge in [0.05, 0.1) is 5.69 Å². The van der Waals surface area contributed by atoms with Gasteiger partial charge in [0, 0.05) is 18.9 Å². The van der Waals surface area contributed by atoms with Crippen molar-refractivity contribution in [1.82, 2.24) is 9.97 Å². The highest BCUT2D eigenvalue weighted by atomic mass is 15.0. The van der Waals surface area contributed by atoms with Crippen molar-refractivity contribution in [2.24, 2.45) is 0 Å². The topological polar surface area (TPSA) is 37.8 Å². The fourth-order valence-electron chi connectivity index (χ4n) is 1.66. The van der Waals surface area contributed by atoms with Crippen molar-refractivity contribution in [3.8, 4) is 0 Å². The minimum Gasteiger partial charge on any atom is -0.364 e. The first-order chi connectivity index (χ1) is 8.29. The third kappa shape index (κ3) is 3.03. The van der Waals surface area contributed by atoms with Crippen LogP contribution in [0.15, 0.2) is 36.7 Å². The van der Waals surface area contributed by atoms with E-state index in [4.69, 9.17) is 0 Å². The zero-order valence-corrected chi connectivity index (χ0v) is 10.3. The van der Waals surface area contributed by atoms with E-state index in [1.807, 2.05) is 6.92 Å². The molecule has 1 heterocycles. The second-order valence-corrected chi connectivity index (χ2v) is 4.01. The molecular weight excluding hydrogens is 210 g/mol. The minimum atomic E-state index is 0.781. The van der Waals surface area contributed by atoms with Gasteiger partial charge < -0.3 is 5.32 Å². The van der Waals surface area contributed by atoms with Gasteiger partial charge in [0.15, 0.2) is 0 Å². The molecule has 0 spiro atoms. The van der Waals surface area contributed by atoms with Gasteiger partial charge in [-0.05, 0) is 24.5 Å². The number of anilines is 1. The Morgan fingerprint density at radius 1 is 1.00 bits per heavy atom. The number of nitrogens with zero attached hydrogens (tertiary/aromatic N) is 2. The molecule has 2 rings (SSSR count). The molecule has 0 aliphatic rings. The number of rotatable bonds is 4. The van der Waals surface area contributed by atoms with E-state index in [2.05, 4.69) is 46.5 Å². The highest BCUT2D eigenvalue weighted by Crippen LogP contribution is 2.10. The molecule has 1 N–H and O–H groups in total. The third-order valence-corrected chi connectivity index (χ3v) is 2.77. The summed E-state index contributed by atoms with van der Waals surface area (Å²) in [5.41, 5.74) is 3.55. The van der Waals surface area contributed by atoms with Crippen molar-refractivity contribution in [1.29, 1.82) is 0 Å². The molecule has 0 radical (unpaired) electrons. The second-order valence-electron chi connectivity index (χ2n) is 4.01. The second kappa shape index (κ2) is 5.43. The Morgan fingerprint density at radius 3 is 2.29 bits per heavy atom. The zero-order chi connectivity index (χ0) is 12.1. The lowest BCUT2D eigenvalue weighted by atomic mass is 10.1. The molecule has 17 heavy (non-hydrogen) atoms. The Hall–Kier alpha value is -1.90. The normalized spacial score (nSPS) is 10.2. The molecule has 3 heteroatoms. The number of nitrogens with one attached hydrogen (secondary N) is 1. The molecule has 1 aromatic heterocycles. The van der Waals surface area contributed by atoms with E-state index in [0.29, 0.717) is 0 Å². The molecule has 0 saturated carbocycles. The van der Waals surface area contributed by atoms with Crippen molar-refractivity contribution < 1.29 is 0 Å². The Labute approximate surface area is 102 Å². The van der Waals surface area contributed by atoms with E-state index in [-0.39, 0.29) is 0 Å². The van der Waals surface area contributed by atoms with Crippen molar-refractivity contribution in [2.45, 2.75) is 26.8 Å². The van der Waals surface area contributed by atoms with Crippen LogP contribution in [0.5, 0.6) is 0 Å². The lowest BCUT2D eigenvalue weighted by Gasteiger charge is -2.07. The summed E-state index contributed by atoms with van der Waals surface area (Å²) in [6.07, 6.45) is 4.49. The summed E-state index contributed by atoms with van der Waals surface area (Å²) < 4.78 is 0. The molecule has 0 unspecified atom stereocenters. The summed E-state index contributed by atoms with van der Waals surface area (Å²) in [5.74, 6) is 0.854. The molecule has 0 aliphatic heterocycles. The maximum Gasteiger partial charge on any atom is 0.147 e. The van der Waals surface area contributed by atoms with Crippen LogP contribution in [-0.4, -0.2) is 9.97 Å².